The fraction of sp³-hybridized carbons (Fsp3) is 0.314. The number of fused-ring (bicyclic) bond motifs is 1. The maximum atomic E-state index is 13.9. The third kappa shape index (κ3) is 7.23. The summed E-state index contributed by atoms with van der Waals surface area (Å²) in [7, 11) is 7.49. The summed E-state index contributed by atoms with van der Waals surface area (Å²) in [5.41, 5.74) is 3.50. The van der Waals surface area contributed by atoms with Crippen LogP contribution in [0.25, 0.3) is 0 Å². The Morgan fingerprint density at radius 3 is 2.41 bits per heavy atom. The molecule has 0 spiro atoms. The molecule has 2 aliphatic rings. The molecule has 1 fully saturated rings. The van der Waals surface area contributed by atoms with Gasteiger partial charge in [0.25, 0.3) is 5.91 Å². The highest BCUT2D eigenvalue weighted by atomic mass is 19.4. The maximum absolute atomic E-state index is 13.9. The molecule has 256 valence electrons. The number of anilines is 7. The quantitative estimate of drug-likeness (QED) is 0.240. The molecule has 0 aliphatic carbocycles. The van der Waals surface area contributed by atoms with Crippen molar-refractivity contribution in [1.29, 1.82) is 0 Å². The summed E-state index contributed by atoms with van der Waals surface area (Å²) in [6.45, 7) is 4.52. The first-order chi connectivity index (χ1) is 23.3. The molecule has 6 rings (SSSR count). The summed E-state index contributed by atoms with van der Waals surface area (Å²) in [6, 6.07) is 15.9. The van der Waals surface area contributed by atoms with Crippen LogP contribution in [0.5, 0.6) is 0 Å². The fourth-order valence-corrected chi connectivity index (χ4v) is 5.88. The topological polar surface area (TPSA) is 100 Å². The number of nitrogens with one attached hydrogen (secondary N) is 2. The highest BCUT2D eigenvalue weighted by Crippen LogP contribution is 2.36. The number of halogens is 3. The number of aromatic nitrogens is 2. The fourth-order valence-electron chi connectivity index (χ4n) is 5.88. The second kappa shape index (κ2) is 13.3. The van der Waals surface area contributed by atoms with E-state index in [9.17, 15) is 22.8 Å². The van der Waals surface area contributed by atoms with Crippen LogP contribution in [0, 0.1) is 6.92 Å². The lowest BCUT2D eigenvalue weighted by Crippen LogP contribution is -2.46. The first kappa shape index (κ1) is 33.5. The number of carbonyl (C=O) groups is 2. The normalized spacial score (nSPS) is 15.3. The van der Waals surface area contributed by atoms with Crippen LogP contribution >= 0.6 is 0 Å². The van der Waals surface area contributed by atoms with Crippen molar-refractivity contribution in [3.8, 4) is 0 Å². The van der Waals surface area contributed by atoms with E-state index in [4.69, 9.17) is 0 Å². The van der Waals surface area contributed by atoms with Crippen LogP contribution in [0.4, 0.5) is 58.2 Å². The van der Waals surface area contributed by atoms with Gasteiger partial charge >= 0.3 is 12.2 Å². The summed E-state index contributed by atoms with van der Waals surface area (Å²) >= 11 is 0. The summed E-state index contributed by atoms with van der Waals surface area (Å²) in [5.74, 6) is 0.118. The molecular weight excluding hydrogens is 635 g/mol. The van der Waals surface area contributed by atoms with Gasteiger partial charge in [0.05, 0.1) is 17.8 Å². The zero-order valence-electron chi connectivity index (χ0n) is 28.0. The van der Waals surface area contributed by atoms with Gasteiger partial charge in [-0.15, -0.1) is 0 Å². The number of hydrogen-bond donors (Lipinski definition) is 2. The van der Waals surface area contributed by atoms with Gasteiger partial charge in [-0.05, 0) is 68.1 Å². The Morgan fingerprint density at radius 2 is 1.69 bits per heavy atom. The molecule has 2 aliphatic heterocycles. The largest absolute Gasteiger partial charge is 0.416 e. The van der Waals surface area contributed by atoms with Crippen LogP contribution < -0.4 is 30.2 Å². The number of hydrogen-bond acceptors (Lipinski definition) is 8. The predicted octanol–water partition coefficient (Wildman–Crippen LogP) is 6.19. The number of urea groups is 1. The van der Waals surface area contributed by atoms with Crippen molar-refractivity contribution in [3.63, 3.8) is 0 Å². The Labute approximate surface area is 282 Å². The average Bonchev–Trinajstić information content (AvgIpc) is 3.07. The van der Waals surface area contributed by atoms with E-state index < -0.39 is 17.6 Å². The van der Waals surface area contributed by atoms with Crippen LogP contribution in [-0.4, -0.2) is 81.2 Å². The molecular formula is C35H38F3N9O2. The van der Waals surface area contributed by atoms with Gasteiger partial charge in [0.1, 0.15) is 5.82 Å². The lowest BCUT2D eigenvalue weighted by molar-refractivity contribution is -0.137. The van der Waals surface area contributed by atoms with Gasteiger partial charge in [0.2, 0.25) is 5.95 Å². The van der Waals surface area contributed by atoms with Gasteiger partial charge in [-0.25, -0.2) is 9.78 Å². The smallest absolute Gasteiger partial charge is 0.378 e. The molecule has 3 amide bonds. The Morgan fingerprint density at radius 1 is 0.939 bits per heavy atom. The molecule has 49 heavy (non-hydrogen) atoms. The summed E-state index contributed by atoms with van der Waals surface area (Å²) in [5, 5.41) is 5.95. The Hall–Kier alpha value is -5.37. The minimum absolute atomic E-state index is 0.108. The van der Waals surface area contributed by atoms with Gasteiger partial charge in [-0.3, -0.25) is 14.6 Å². The molecule has 1 aromatic heterocycles. The number of nitrogens with zero attached hydrogens (tertiary/aromatic N) is 7. The van der Waals surface area contributed by atoms with Crippen molar-refractivity contribution in [2.24, 2.45) is 0 Å². The van der Waals surface area contributed by atoms with E-state index in [-0.39, 0.29) is 18.1 Å². The second-order valence-corrected chi connectivity index (χ2v) is 12.6. The lowest BCUT2D eigenvalue weighted by atomic mass is 10.1. The van der Waals surface area contributed by atoms with Gasteiger partial charge < -0.3 is 25.3 Å². The minimum atomic E-state index is -4.62. The third-order valence-corrected chi connectivity index (χ3v) is 8.76. The molecule has 3 heterocycles. The van der Waals surface area contributed by atoms with E-state index in [0.29, 0.717) is 60.6 Å². The van der Waals surface area contributed by atoms with E-state index >= 15 is 0 Å². The average molecular weight is 674 g/mol. The molecule has 0 atom stereocenters. The molecule has 11 nitrogen and oxygen atoms in total. The predicted molar refractivity (Wildman–Crippen MR) is 186 cm³/mol. The van der Waals surface area contributed by atoms with Crippen LogP contribution in [0.3, 0.4) is 0 Å². The molecule has 3 aromatic carbocycles. The summed E-state index contributed by atoms with van der Waals surface area (Å²) in [4.78, 5) is 45.2. The van der Waals surface area contributed by atoms with Gasteiger partial charge in [-0.1, -0.05) is 12.1 Å². The monoisotopic (exact) mass is 673 g/mol. The van der Waals surface area contributed by atoms with E-state index in [1.165, 1.54) is 11.0 Å². The number of aryl methyl sites for hydroxylation is 1. The van der Waals surface area contributed by atoms with Gasteiger partial charge in [0, 0.05) is 87.4 Å². The van der Waals surface area contributed by atoms with E-state index in [1.807, 2.05) is 62.1 Å². The summed E-state index contributed by atoms with van der Waals surface area (Å²) in [6.07, 6.45) is -2.95. The summed E-state index contributed by atoms with van der Waals surface area (Å²) < 4.78 is 41.7. The van der Waals surface area contributed by atoms with Crippen molar-refractivity contribution < 1.29 is 22.8 Å². The zero-order valence-corrected chi connectivity index (χ0v) is 28.0. The maximum Gasteiger partial charge on any atom is 0.416 e. The molecule has 14 heteroatoms. The van der Waals surface area contributed by atoms with Gasteiger partial charge in [0.15, 0.2) is 0 Å². The number of likely N-dealkylation sites (N-methyl/N-ethyl adjacent to an activating group) is 1. The third-order valence-electron chi connectivity index (χ3n) is 8.76. The number of carbonyl (C=O) groups excluding carboxylic acids is 2. The first-order valence-electron chi connectivity index (χ1n) is 15.8. The van der Waals surface area contributed by atoms with E-state index in [1.54, 1.807) is 36.3 Å². The number of amides is 3. The van der Waals surface area contributed by atoms with Crippen LogP contribution in [0.15, 0.2) is 66.9 Å². The number of piperazine rings is 1. The van der Waals surface area contributed by atoms with Crippen molar-refractivity contribution in [2.45, 2.75) is 19.6 Å². The van der Waals surface area contributed by atoms with Crippen molar-refractivity contribution >= 4 is 52.1 Å². The van der Waals surface area contributed by atoms with Crippen LogP contribution in [0.1, 0.15) is 27.0 Å². The molecule has 0 radical (unpaired) electrons. The van der Waals surface area contributed by atoms with Crippen molar-refractivity contribution in [2.75, 3.05) is 84.6 Å². The molecule has 2 N–H and O–H groups in total. The highest BCUT2D eigenvalue weighted by Gasteiger charge is 2.34. The Bertz CT molecular complexity index is 1890. The van der Waals surface area contributed by atoms with E-state index in [0.717, 1.165) is 29.1 Å². The van der Waals surface area contributed by atoms with Gasteiger partial charge in [-0.2, -0.15) is 18.2 Å². The first-order valence-corrected chi connectivity index (χ1v) is 15.8. The Kier molecular flexibility index (Phi) is 9.08. The van der Waals surface area contributed by atoms with Crippen molar-refractivity contribution in [3.05, 3.63) is 89.1 Å². The zero-order chi connectivity index (χ0) is 35.0. The second-order valence-electron chi connectivity index (χ2n) is 12.6. The molecule has 0 bridgehead atoms. The number of benzene rings is 3. The highest BCUT2D eigenvalue weighted by molar-refractivity contribution is 6.07. The van der Waals surface area contributed by atoms with E-state index in [2.05, 4.69) is 25.5 Å². The molecule has 1 saturated heterocycles. The van der Waals surface area contributed by atoms with Crippen LogP contribution in [-0.2, 0) is 12.7 Å². The Balaban J connectivity index is 1.23. The molecule has 4 aromatic rings. The standard InChI is InChI=1S/C35H38F3N9O2/c1-22-9-10-27(40-32(48)23-15-25(35(36,37)38)17-29(16-23)46-13-11-44(4)12-14-46)19-30(22)47-21-24-20-39-33(42-31(24)45(5)34(47)49)41-26-7-6-8-28(18-26)43(2)3/h6-10,15-20H,11-14,21H2,1-5H3,(H,40,48)(H,39,41,42). The van der Waals surface area contributed by atoms with Crippen molar-refractivity contribution in [1.82, 2.24) is 14.9 Å². The molecule has 0 saturated carbocycles. The SMILES string of the molecule is Cc1ccc(NC(=O)c2cc(N3CCN(C)CC3)cc(C(F)(F)F)c2)cc1N1Cc2cnc(Nc3cccc(N(C)C)c3)nc2N(C)C1=O. The number of alkyl halides is 3. The number of rotatable bonds is 7. The minimum Gasteiger partial charge on any atom is -0.378 e. The lowest BCUT2D eigenvalue weighted by Gasteiger charge is -2.35. The molecule has 0 unspecified atom stereocenters. The van der Waals surface area contributed by atoms with Crippen LogP contribution in [0.2, 0.25) is 0 Å².